The average molecular weight is 262 g/mol. The third kappa shape index (κ3) is 2.69. The minimum Gasteiger partial charge on any atom is -0.453 e. The predicted octanol–water partition coefficient (Wildman–Crippen LogP) is 3.19. The number of carbonyl (C=O) groups excluding carboxylic acids is 1. The van der Waals surface area contributed by atoms with Gasteiger partial charge in [0.1, 0.15) is 5.58 Å². The van der Waals surface area contributed by atoms with E-state index in [-0.39, 0.29) is 12.2 Å². The van der Waals surface area contributed by atoms with Crippen molar-refractivity contribution in [1.29, 1.82) is 0 Å². The maximum absolute atomic E-state index is 12.3. The molecule has 2 aromatic rings. The Morgan fingerprint density at radius 1 is 1.26 bits per heavy atom. The van der Waals surface area contributed by atoms with Gasteiger partial charge in [0.2, 0.25) is 5.78 Å². The van der Waals surface area contributed by atoms with Gasteiger partial charge in [-0.15, -0.1) is 0 Å². The summed E-state index contributed by atoms with van der Waals surface area (Å²) in [6, 6.07) is 7.68. The van der Waals surface area contributed by atoms with Gasteiger partial charge in [-0.25, -0.2) is 0 Å². The van der Waals surface area contributed by atoms with Crippen LogP contribution in [-0.4, -0.2) is 26.3 Å². The lowest BCUT2D eigenvalue weighted by Gasteiger charge is -2.11. The number of para-hydroxylation sites is 1. The third-order valence-corrected chi connectivity index (χ3v) is 3.18. The molecule has 0 fully saturated rings. The summed E-state index contributed by atoms with van der Waals surface area (Å²) >= 11 is 0. The average Bonchev–Trinajstić information content (AvgIpc) is 2.83. The van der Waals surface area contributed by atoms with E-state index in [1.807, 2.05) is 31.2 Å². The molecule has 0 saturated carbocycles. The molecule has 0 unspecified atom stereocenters. The molecule has 1 aromatic heterocycles. The van der Waals surface area contributed by atoms with Crippen LogP contribution < -0.4 is 0 Å². The van der Waals surface area contributed by atoms with Crippen LogP contribution in [0.25, 0.3) is 11.0 Å². The van der Waals surface area contributed by atoms with Crippen LogP contribution in [0.15, 0.2) is 28.7 Å². The molecule has 1 heterocycles. The molecule has 4 heteroatoms. The van der Waals surface area contributed by atoms with Crippen molar-refractivity contribution in [2.75, 3.05) is 14.2 Å². The number of furan rings is 1. The number of rotatable bonds is 6. The number of Topliss-reactive ketones (excluding diaryl/α,β-unsaturated/α-hetero) is 1. The van der Waals surface area contributed by atoms with Crippen LogP contribution in [0.4, 0.5) is 0 Å². The Hall–Kier alpha value is -1.65. The van der Waals surface area contributed by atoms with E-state index < -0.39 is 6.29 Å². The summed E-state index contributed by atoms with van der Waals surface area (Å²) in [5.74, 6) is 0.324. The molecular weight excluding hydrogens is 244 g/mol. The molecule has 0 radical (unpaired) electrons. The molecule has 0 saturated heterocycles. The molecular formula is C15H18O4. The first kappa shape index (κ1) is 13.8. The van der Waals surface area contributed by atoms with Crippen LogP contribution in [0.2, 0.25) is 0 Å². The van der Waals surface area contributed by atoms with Gasteiger partial charge in [0.25, 0.3) is 0 Å². The molecule has 0 aliphatic rings. The lowest BCUT2D eigenvalue weighted by atomic mass is 10.0. The first-order valence-electron chi connectivity index (χ1n) is 6.30. The van der Waals surface area contributed by atoms with Crippen LogP contribution in [0.3, 0.4) is 0 Å². The Morgan fingerprint density at radius 3 is 2.58 bits per heavy atom. The van der Waals surface area contributed by atoms with Crippen molar-refractivity contribution in [1.82, 2.24) is 0 Å². The Labute approximate surface area is 112 Å². The van der Waals surface area contributed by atoms with Crippen molar-refractivity contribution in [2.45, 2.75) is 26.1 Å². The summed E-state index contributed by atoms with van der Waals surface area (Å²) in [4.78, 5) is 12.3. The molecule has 19 heavy (non-hydrogen) atoms. The van der Waals surface area contributed by atoms with Gasteiger partial charge < -0.3 is 13.9 Å². The number of hydrogen-bond donors (Lipinski definition) is 0. The first-order valence-corrected chi connectivity index (χ1v) is 6.30. The Kier molecular flexibility index (Phi) is 4.35. The SMILES string of the molecule is CCc1c(C(=O)CC(OC)OC)oc2ccccc12. The van der Waals surface area contributed by atoms with E-state index in [9.17, 15) is 4.79 Å². The summed E-state index contributed by atoms with van der Waals surface area (Å²) < 4.78 is 15.8. The summed E-state index contributed by atoms with van der Waals surface area (Å²) in [6.45, 7) is 2.01. The van der Waals surface area contributed by atoms with Crippen molar-refractivity contribution >= 4 is 16.8 Å². The molecule has 0 aliphatic heterocycles. The van der Waals surface area contributed by atoms with Gasteiger partial charge in [0, 0.05) is 25.2 Å². The van der Waals surface area contributed by atoms with Crippen LogP contribution in [-0.2, 0) is 15.9 Å². The highest BCUT2D eigenvalue weighted by molar-refractivity contribution is 6.00. The van der Waals surface area contributed by atoms with E-state index >= 15 is 0 Å². The maximum atomic E-state index is 12.3. The van der Waals surface area contributed by atoms with Crippen LogP contribution in [0.1, 0.15) is 29.5 Å². The fourth-order valence-electron chi connectivity index (χ4n) is 2.18. The second-order valence-corrected chi connectivity index (χ2v) is 4.29. The Bertz CT molecular complexity index is 567. The van der Waals surface area contributed by atoms with E-state index in [4.69, 9.17) is 13.9 Å². The van der Waals surface area contributed by atoms with Crippen LogP contribution in [0, 0.1) is 0 Å². The maximum Gasteiger partial charge on any atom is 0.203 e. The second kappa shape index (κ2) is 5.99. The van der Waals surface area contributed by atoms with Gasteiger partial charge in [0.05, 0.1) is 6.42 Å². The molecule has 2 rings (SSSR count). The number of ketones is 1. The van der Waals surface area contributed by atoms with Gasteiger partial charge in [-0.2, -0.15) is 0 Å². The molecule has 0 N–H and O–H groups in total. The number of hydrogen-bond acceptors (Lipinski definition) is 4. The molecule has 102 valence electrons. The normalized spacial score (nSPS) is 11.4. The fourth-order valence-corrected chi connectivity index (χ4v) is 2.18. The monoisotopic (exact) mass is 262 g/mol. The van der Waals surface area contributed by atoms with Gasteiger partial charge in [-0.05, 0) is 12.5 Å². The van der Waals surface area contributed by atoms with E-state index in [1.165, 1.54) is 14.2 Å². The summed E-state index contributed by atoms with van der Waals surface area (Å²) in [5, 5.41) is 1.000. The topological polar surface area (TPSA) is 48.7 Å². The number of aryl methyl sites for hydroxylation is 1. The van der Waals surface area contributed by atoms with E-state index in [1.54, 1.807) is 0 Å². The largest absolute Gasteiger partial charge is 0.453 e. The standard InChI is InChI=1S/C15H18O4/c1-4-10-11-7-5-6-8-13(11)19-15(10)12(16)9-14(17-2)18-3/h5-8,14H,4,9H2,1-3H3. The van der Waals surface area contributed by atoms with E-state index in [0.717, 1.165) is 23.0 Å². The van der Waals surface area contributed by atoms with Crippen molar-refractivity contribution < 1.29 is 18.7 Å². The zero-order valence-electron chi connectivity index (χ0n) is 11.4. The lowest BCUT2D eigenvalue weighted by Crippen LogP contribution is -2.18. The summed E-state index contributed by atoms with van der Waals surface area (Å²) in [7, 11) is 3.03. The fraction of sp³-hybridized carbons (Fsp3) is 0.400. The molecule has 0 aliphatic carbocycles. The van der Waals surface area contributed by atoms with Crippen molar-refractivity contribution in [2.24, 2.45) is 0 Å². The van der Waals surface area contributed by atoms with Gasteiger partial charge >= 0.3 is 0 Å². The Morgan fingerprint density at radius 2 is 1.95 bits per heavy atom. The molecule has 0 amide bonds. The predicted molar refractivity (Wildman–Crippen MR) is 72.3 cm³/mol. The zero-order chi connectivity index (χ0) is 13.8. The number of benzene rings is 1. The third-order valence-electron chi connectivity index (χ3n) is 3.18. The number of ether oxygens (including phenoxy) is 2. The smallest absolute Gasteiger partial charge is 0.203 e. The summed E-state index contributed by atoms with van der Waals surface area (Å²) in [5.41, 5.74) is 1.70. The van der Waals surface area contributed by atoms with Gasteiger partial charge in [0.15, 0.2) is 12.1 Å². The highest BCUT2D eigenvalue weighted by Gasteiger charge is 2.22. The molecule has 0 spiro atoms. The minimum absolute atomic E-state index is 0.0956. The first-order chi connectivity index (χ1) is 9.21. The minimum atomic E-state index is -0.537. The van der Waals surface area contributed by atoms with Gasteiger partial charge in [-0.1, -0.05) is 25.1 Å². The lowest BCUT2D eigenvalue weighted by molar-refractivity contribution is -0.0995. The van der Waals surface area contributed by atoms with E-state index in [0.29, 0.717) is 5.76 Å². The second-order valence-electron chi connectivity index (χ2n) is 4.29. The highest BCUT2D eigenvalue weighted by atomic mass is 16.7. The molecule has 1 aromatic carbocycles. The van der Waals surface area contributed by atoms with Crippen molar-refractivity contribution in [3.05, 3.63) is 35.6 Å². The molecule has 4 nitrogen and oxygen atoms in total. The van der Waals surface area contributed by atoms with Crippen LogP contribution in [0.5, 0.6) is 0 Å². The molecule has 0 atom stereocenters. The number of fused-ring (bicyclic) bond motifs is 1. The quantitative estimate of drug-likeness (QED) is 0.592. The van der Waals surface area contributed by atoms with Gasteiger partial charge in [-0.3, -0.25) is 4.79 Å². The van der Waals surface area contributed by atoms with Crippen molar-refractivity contribution in [3.63, 3.8) is 0 Å². The zero-order valence-corrected chi connectivity index (χ0v) is 11.4. The highest BCUT2D eigenvalue weighted by Crippen LogP contribution is 2.27. The number of carbonyl (C=O) groups is 1. The van der Waals surface area contributed by atoms with Crippen molar-refractivity contribution in [3.8, 4) is 0 Å². The Balaban J connectivity index is 2.36. The molecule has 0 bridgehead atoms. The van der Waals surface area contributed by atoms with E-state index in [2.05, 4.69) is 0 Å². The van der Waals surface area contributed by atoms with Crippen LogP contribution >= 0.6 is 0 Å². The number of methoxy groups -OCH3 is 2. The summed E-state index contributed by atoms with van der Waals surface area (Å²) in [6.07, 6.45) is 0.369.